The Hall–Kier alpha value is -3.84. The van der Waals surface area contributed by atoms with Crippen molar-refractivity contribution in [2.24, 2.45) is 0 Å². The van der Waals surface area contributed by atoms with Gasteiger partial charge in [0.05, 0.1) is 4.92 Å². The number of ether oxygens (including phenoxy) is 2. The Kier molecular flexibility index (Phi) is 8.43. The highest BCUT2D eigenvalue weighted by Gasteiger charge is 2.41. The number of nitro groups is 1. The monoisotopic (exact) mass is 496 g/mol. The van der Waals surface area contributed by atoms with Crippen LogP contribution in [0, 0.1) is 10.1 Å². The summed E-state index contributed by atoms with van der Waals surface area (Å²) in [5, 5.41) is 12.9. The van der Waals surface area contributed by atoms with Gasteiger partial charge in [0.2, 0.25) is 5.91 Å². The van der Waals surface area contributed by atoms with Crippen molar-refractivity contribution in [2.45, 2.75) is 18.5 Å². The van der Waals surface area contributed by atoms with Gasteiger partial charge in [-0.25, -0.2) is 8.78 Å². The lowest BCUT2D eigenvalue weighted by Gasteiger charge is -2.17. The van der Waals surface area contributed by atoms with E-state index in [1.54, 1.807) is 0 Å². The molecule has 7 nitrogen and oxygen atoms in total. The molecule has 2 rings (SSSR count). The van der Waals surface area contributed by atoms with Gasteiger partial charge in [0, 0.05) is 42.1 Å². The van der Waals surface area contributed by atoms with Crippen LogP contribution in [0.15, 0.2) is 48.5 Å². The molecule has 0 fully saturated rings. The number of carbonyl (C=O) groups excluding carboxylic acids is 1. The Morgan fingerprint density at radius 1 is 1.00 bits per heavy atom. The molecule has 0 saturated heterocycles. The molecule has 0 aliphatic rings. The van der Waals surface area contributed by atoms with E-state index in [9.17, 15) is 45.6 Å². The number of hydrogen-bond donors (Lipinski definition) is 1. The number of amides is 1. The third-order valence-corrected chi connectivity index (χ3v) is 3.83. The Bertz CT molecular complexity index is 1040. The largest absolute Gasteiger partial charge is 0.487 e. The van der Waals surface area contributed by atoms with Crippen molar-refractivity contribution in [2.75, 3.05) is 18.5 Å². The minimum Gasteiger partial charge on any atom is -0.487 e. The molecule has 0 radical (unpaired) electrons. The first-order valence-corrected chi connectivity index (χ1v) is 9.12. The van der Waals surface area contributed by atoms with Crippen LogP contribution < -0.4 is 14.8 Å². The van der Waals surface area contributed by atoms with E-state index in [4.69, 9.17) is 0 Å². The molecule has 0 aliphatic heterocycles. The molecular formula is C20H15F7N2O5. The van der Waals surface area contributed by atoms with E-state index in [0.717, 1.165) is 24.3 Å². The Morgan fingerprint density at radius 3 is 2.06 bits per heavy atom. The van der Waals surface area contributed by atoms with Crippen LogP contribution in [0.5, 0.6) is 11.5 Å². The smallest absolute Gasteiger partial charge is 0.422 e. The zero-order valence-corrected chi connectivity index (χ0v) is 16.8. The number of anilines is 1. The molecule has 1 N–H and O–H groups in total. The molecule has 0 heterocycles. The van der Waals surface area contributed by atoms with Gasteiger partial charge in [-0.3, -0.25) is 14.9 Å². The van der Waals surface area contributed by atoms with Gasteiger partial charge in [-0.2, -0.15) is 22.0 Å². The SMILES string of the molecule is O=C(C=Cc1ccc([N+](=O)[O-])cc1)Nc1cc(OCC(F)(F)F)cc(OCC(F)(F)C(F)F)c1. The Balaban J connectivity index is 2.17. The van der Waals surface area contributed by atoms with Gasteiger partial charge < -0.3 is 14.8 Å². The highest BCUT2D eigenvalue weighted by molar-refractivity contribution is 6.02. The van der Waals surface area contributed by atoms with Crippen LogP contribution in [0.3, 0.4) is 0 Å². The first-order chi connectivity index (χ1) is 15.7. The van der Waals surface area contributed by atoms with Crippen LogP contribution in [0.4, 0.5) is 42.1 Å². The Labute approximate surface area is 186 Å². The fraction of sp³-hybridized carbons (Fsp3) is 0.250. The fourth-order valence-corrected chi connectivity index (χ4v) is 2.28. The molecule has 1 amide bonds. The van der Waals surface area contributed by atoms with Crippen molar-refractivity contribution in [1.29, 1.82) is 0 Å². The number of rotatable bonds is 10. The summed E-state index contributed by atoms with van der Waals surface area (Å²) in [6.07, 6.45) is -6.53. The summed E-state index contributed by atoms with van der Waals surface area (Å²) in [7, 11) is 0. The van der Waals surface area contributed by atoms with E-state index >= 15 is 0 Å². The van der Waals surface area contributed by atoms with Crippen molar-refractivity contribution in [1.82, 2.24) is 0 Å². The first kappa shape index (κ1) is 26.4. The standard InChI is InChI=1S/C20H15F7N2O5/c21-18(22)19(23,24)10-33-15-7-13(8-16(9-15)34-11-20(25,26)27)28-17(30)6-3-12-1-4-14(5-2-12)29(31)32/h1-9,18H,10-11H2,(H,28,30). The summed E-state index contributed by atoms with van der Waals surface area (Å²) in [6, 6.07) is 7.69. The number of nitro benzene ring substituents is 1. The molecule has 184 valence electrons. The molecule has 0 unspecified atom stereocenters. The summed E-state index contributed by atoms with van der Waals surface area (Å²) in [4.78, 5) is 22.1. The number of halogens is 7. The van der Waals surface area contributed by atoms with E-state index in [1.807, 2.05) is 0 Å². The van der Waals surface area contributed by atoms with Gasteiger partial charge in [0.25, 0.3) is 5.69 Å². The first-order valence-electron chi connectivity index (χ1n) is 9.12. The second-order valence-electron chi connectivity index (χ2n) is 6.62. The van der Waals surface area contributed by atoms with Gasteiger partial charge >= 0.3 is 18.5 Å². The van der Waals surface area contributed by atoms with Crippen molar-refractivity contribution in [3.05, 3.63) is 64.2 Å². The minimum atomic E-state index is -4.74. The number of benzene rings is 2. The van der Waals surface area contributed by atoms with Gasteiger partial charge in [-0.05, 0) is 23.8 Å². The summed E-state index contributed by atoms with van der Waals surface area (Å²) in [5.74, 6) is -6.45. The van der Waals surface area contributed by atoms with Crippen molar-refractivity contribution in [3.8, 4) is 11.5 Å². The molecule has 0 aromatic heterocycles. The lowest BCUT2D eigenvalue weighted by molar-refractivity contribution is -0.384. The maximum Gasteiger partial charge on any atom is 0.422 e. The van der Waals surface area contributed by atoms with Crippen molar-refractivity contribution in [3.63, 3.8) is 0 Å². The highest BCUT2D eigenvalue weighted by Crippen LogP contribution is 2.30. The lowest BCUT2D eigenvalue weighted by Crippen LogP contribution is -2.33. The summed E-state index contributed by atoms with van der Waals surface area (Å²) < 4.78 is 97.2. The molecule has 34 heavy (non-hydrogen) atoms. The molecule has 0 aliphatic carbocycles. The minimum absolute atomic E-state index is 0.178. The maximum atomic E-state index is 13.1. The van der Waals surface area contributed by atoms with Crippen LogP contribution in [0.1, 0.15) is 5.56 Å². The van der Waals surface area contributed by atoms with Gasteiger partial charge in [0.15, 0.2) is 13.2 Å². The third-order valence-electron chi connectivity index (χ3n) is 3.83. The molecule has 0 bridgehead atoms. The number of hydrogen-bond acceptors (Lipinski definition) is 5. The predicted molar refractivity (Wildman–Crippen MR) is 105 cm³/mol. The predicted octanol–water partition coefficient (Wildman–Crippen LogP) is 5.47. The number of carbonyl (C=O) groups is 1. The van der Waals surface area contributed by atoms with E-state index in [2.05, 4.69) is 14.8 Å². The average molecular weight is 496 g/mol. The van der Waals surface area contributed by atoms with Gasteiger partial charge in [-0.15, -0.1) is 0 Å². The molecule has 2 aromatic carbocycles. The van der Waals surface area contributed by atoms with Crippen LogP contribution in [-0.4, -0.2) is 42.6 Å². The molecular weight excluding hydrogens is 481 g/mol. The van der Waals surface area contributed by atoms with Gasteiger partial charge in [0.1, 0.15) is 11.5 Å². The number of alkyl halides is 7. The second kappa shape index (κ2) is 10.9. The molecule has 0 spiro atoms. The van der Waals surface area contributed by atoms with Crippen LogP contribution >= 0.6 is 0 Å². The third kappa shape index (κ3) is 8.60. The highest BCUT2D eigenvalue weighted by atomic mass is 19.4. The normalized spacial score (nSPS) is 12.1. The van der Waals surface area contributed by atoms with Crippen LogP contribution in [0.2, 0.25) is 0 Å². The average Bonchev–Trinajstić information content (AvgIpc) is 2.74. The number of nitrogens with one attached hydrogen (secondary N) is 1. The van der Waals surface area contributed by atoms with Crippen LogP contribution in [0.25, 0.3) is 6.08 Å². The number of nitrogens with zero attached hydrogens (tertiary/aromatic N) is 1. The summed E-state index contributed by atoms with van der Waals surface area (Å²) in [6.45, 7) is -3.53. The number of non-ortho nitro benzene ring substituents is 1. The molecule has 0 atom stereocenters. The van der Waals surface area contributed by atoms with Gasteiger partial charge in [-0.1, -0.05) is 0 Å². The zero-order chi connectivity index (χ0) is 25.5. The van der Waals surface area contributed by atoms with Crippen molar-refractivity contribution >= 4 is 23.4 Å². The lowest BCUT2D eigenvalue weighted by atomic mass is 10.2. The zero-order valence-electron chi connectivity index (χ0n) is 16.8. The summed E-state index contributed by atoms with van der Waals surface area (Å²) >= 11 is 0. The maximum absolute atomic E-state index is 13.1. The summed E-state index contributed by atoms with van der Waals surface area (Å²) in [5.41, 5.74) is -0.0168. The quantitative estimate of drug-likeness (QED) is 0.204. The fourth-order valence-electron chi connectivity index (χ4n) is 2.28. The molecule has 2 aromatic rings. The van der Waals surface area contributed by atoms with Crippen molar-refractivity contribution < 1.29 is 49.9 Å². The van der Waals surface area contributed by atoms with E-state index < -0.39 is 54.1 Å². The van der Waals surface area contributed by atoms with E-state index in [1.165, 1.54) is 30.3 Å². The second-order valence-corrected chi connectivity index (χ2v) is 6.62. The Morgan fingerprint density at radius 2 is 1.56 bits per heavy atom. The van der Waals surface area contributed by atoms with E-state index in [-0.39, 0.29) is 11.4 Å². The topological polar surface area (TPSA) is 90.7 Å². The van der Waals surface area contributed by atoms with Crippen LogP contribution in [-0.2, 0) is 4.79 Å². The molecule has 14 heteroatoms. The van der Waals surface area contributed by atoms with E-state index in [0.29, 0.717) is 5.56 Å². The molecule has 0 saturated carbocycles.